The van der Waals surface area contributed by atoms with E-state index in [0.29, 0.717) is 6.42 Å². The normalized spacial score (nSPS) is 12.2. The summed E-state index contributed by atoms with van der Waals surface area (Å²) in [6.07, 6.45) is 0.381. The Bertz CT molecular complexity index is 316. The van der Waals surface area contributed by atoms with Crippen LogP contribution >= 0.6 is 0 Å². The fourth-order valence-corrected chi connectivity index (χ4v) is 1.61. The van der Waals surface area contributed by atoms with Crippen molar-refractivity contribution in [1.29, 1.82) is 5.26 Å². The largest absolute Gasteiger partial charge is 0.323 e. The van der Waals surface area contributed by atoms with Gasteiger partial charge in [-0.15, -0.1) is 0 Å². The number of rotatable bonds is 2. The van der Waals surface area contributed by atoms with Crippen molar-refractivity contribution in [2.75, 3.05) is 0 Å². The van der Waals surface area contributed by atoms with Crippen molar-refractivity contribution in [3.05, 3.63) is 34.9 Å². The van der Waals surface area contributed by atoms with Crippen molar-refractivity contribution in [2.45, 2.75) is 26.3 Å². The zero-order valence-electron chi connectivity index (χ0n) is 8.04. The molecule has 68 valence electrons. The molecule has 0 aromatic heterocycles. The quantitative estimate of drug-likeness (QED) is 0.747. The summed E-state index contributed by atoms with van der Waals surface area (Å²) in [4.78, 5) is 0. The second kappa shape index (κ2) is 4.06. The predicted octanol–water partition coefficient (Wildman–Crippen LogP) is 2.22. The van der Waals surface area contributed by atoms with Crippen molar-refractivity contribution >= 4 is 0 Å². The van der Waals surface area contributed by atoms with Crippen LogP contribution in [0, 0.1) is 25.2 Å². The molecule has 1 unspecified atom stereocenters. The van der Waals surface area contributed by atoms with Crippen LogP contribution in [0.5, 0.6) is 0 Å². The second-order valence-corrected chi connectivity index (χ2v) is 3.27. The Hall–Kier alpha value is -1.33. The lowest BCUT2D eigenvalue weighted by Gasteiger charge is -2.14. The van der Waals surface area contributed by atoms with Gasteiger partial charge in [-0.1, -0.05) is 18.2 Å². The minimum absolute atomic E-state index is 0.147. The molecule has 0 amide bonds. The van der Waals surface area contributed by atoms with Gasteiger partial charge in [-0.2, -0.15) is 5.26 Å². The van der Waals surface area contributed by atoms with Crippen LogP contribution in [0.25, 0.3) is 0 Å². The molecule has 1 aromatic carbocycles. The standard InChI is InChI=1S/C11H14N2/c1-8-4-3-5-9(2)11(8)10(13)6-7-12/h3-5,10H,6,13H2,1-2H3. The first-order valence-electron chi connectivity index (χ1n) is 4.35. The molecule has 1 aromatic rings. The van der Waals surface area contributed by atoms with E-state index in [1.807, 2.05) is 32.0 Å². The molecule has 0 saturated heterocycles. The summed E-state index contributed by atoms with van der Waals surface area (Å²) >= 11 is 0. The lowest BCUT2D eigenvalue weighted by molar-refractivity contribution is 0.736. The van der Waals surface area contributed by atoms with Crippen LogP contribution in [-0.2, 0) is 0 Å². The molecule has 2 heteroatoms. The van der Waals surface area contributed by atoms with Crippen LogP contribution < -0.4 is 5.73 Å². The van der Waals surface area contributed by atoms with Crippen molar-refractivity contribution in [3.63, 3.8) is 0 Å². The zero-order chi connectivity index (χ0) is 9.84. The summed E-state index contributed by atoms with van der Waals surface area (Å²) in [6.45, 7) is 4.05. The number of hydrogen-bond acceptors (Lipinski definition) is 2. The van der Waals surface area contributed by atoms with E-state index in [0.717, 1.165) is 5.56 Å². The molecule has 0 aliphatic carbocycles. The van der Waals surface area contributed by atoms with Crippen LogP contribution in [0.4, 0.5) is 0 Å². The van der Waals surface area contributed by atoms with Gasteiger partial charge in [0, 0.05) is 6.04 Å². The average Bonchev–Trinajstić information content (AvgIpc) is 2.04. The second-order valence-electron chi connectivity index (χ2n) is 3.27. The van der Waals surface area contributed by atoms with Crippen molar-refractivity contribution in [2.24, 2.45) is 5.73 Å². The summed E-state index contributed by atoms with van der Waals surface area (Å²) in [7, 11) is 0. The Labute approximate surface area is 79.0 Å². The Morgan fingerprint density at radius 1 is 1.38 bits per heavy atom. The molecule has 2 N–H and O–H groups in total. The monoisotopic (exact) mass is 174 g/mol. The molecule has 0 radical (unpaired) electrons. The first-order valence-corrected chi connectivity index (χ1v) is 4.35. The molecule has 0 spiro atoms. The van der Waals surface area contributed by atoms with Crippen molar-refractivity contribution in [1.82, 2.24) is 0 Å². The molecule has 2 nitrogen and oxygen atoms in total. The van der Waals surface area contributed by atoms with Crippen LogP contribution in [-0.4, -0.2) is 0 Å². The van der Waals surface area contributed by atoms with E-state index < -0.39 is 0 Å². The molecule has 1 atom stereocenters. The number of nitriles is 1. The Morgan fingerprint density at radius 2 is 1.92 bits per heavy atom. The lowest BCUT2D eigenvalue weighted by Crippen LogP contribution is -2.12. The first kappa shape index (κ1) is 9.76. The smallest absolute Gasteiger partial charge is 0.0641 e. The van der Waals surface area contributed by atoms with Gasteiger partial charge >= 0.3 is 0 Å². The third-order valence-corrected chi connectivity index (χ3v) is 2.22. The van der Waals surface area contributed by atoms with Gasteiger partial charge in [0.05, 0.1) is 12.5 Å². The highest BCUT2D eigenvalue weighted by atomic mass is 14.6. The summed E-state index contributed by atoms with van der Waals surface area (Å²) < 4.78 is 0. The molecule has 1 rings (SSSR count). The van der Waals surface area contributed by atoms with Gasteiger partial charge in [-0.25, -0.2) is 0 Å². The van der Waals surface area contributed by atoms with Gasteiger partial charge in [0.2, 0.25) is 0 Å². The number of benzene rings is 1. The molecular formula is C11H14N2. The van der Waals surface area contributed by atoms with Crippen LogP contribution in [0.3, 0.4) is 0 Å². The summed E-state index contributed by atoms with van der Waals surface area (Å²) in [6, 6.07) is 8.01. The molecular weight excluding hydrogens is 160 g/mol. The highest BCUT2D eigenvalue weighted by Gasteiger charge is 2.10. The highest BCUT2D eigenvalue weighted by molar-refractivity contribution is 5.36. The van der Waals surface area contributed by atoms with E-state index in [-0.39, 0.29) is 6.04 Å². The molecule has 0 heterocycles. The summed E-state index contributed by atoms with van der Waals surface area (Å²) in [5, 5.41) is 8.55. The molecule has 0 aliphatic rings. The van der Waals surface area contributed by atoms with Gasteiger partial charge in [0.1, 0.15) is 0 Å². The van der Waals surface area contributed by atoms with Gasteiger partial charge in [0.15, 0.2) is 0 Å². The predicted molar refractivity (Wildman–Crippen MR) is 53.1 cm³/mol. The van der Waals surface area contributed by atoms with Crippen LogP contribution in [0.2, 0.25) is 0 Å². The zero-order valence-corrected chi connectivity index (χ0v) is 8.04. The SMILES string of the molecule is Cc1cccc(C)c1C(N)CC#N. The van der Waals surface area contributed by atoms with Crippen LogP contribution in [0.15, 0.2) is 18.2 Å². The Morgan fingerprint density at radius 3 is 2.38 bits per heavy atom. The van der Waals surface area contributed by atoms with E-state index in [1.165, 1.54) is 11.1 Å². The first-order chi connectivity index (χ1) is 6.16. The molecule has 0 bridgehead atoms. The van der Waals surface area contributed by atoms with Gasteiger partial charge in [0.25, 0.3) is 0 Å². The topological polar surface area (TPSA) is 49.8 Å². The third kappa shape index (κ3) is 2.07. The number of hydrogen-bond donors (Lipinski definition) is 1. The Kier molecular flexibility index (Phi) is 3.05. The molecule has 13 heavy (non-hydrogen) atoms. The summed E-state index contributed by atoms with van der Waals surface area (Å²) in [5.74, 6) is 0. The van der Waals surface area contributed by atoms with Crippen LogP contribution in [0.1, 0.15) is 29.2 Å². The summed E-state index contributed by atoms with van der Waals surface area (Å²) in [5.41, 5.74) is 9.34. The third-order valence-electron chi connectivity index (χ3n) is 2.22. The van der Waals surface area contributed by atoms with E-state index in [1.54, 1.807) is 0 Å². The van der Waals surface area contributed by atoms with E-state index >= 15 is 0 Å². The fourth-order valence-electron chi connectivity index (χ4n) is 1.61. The highest BCUT2D eigenvalue weighted by Crippen LogP contribution is 2.21. The van der Waals surface area contributed by atoms with Gasteiger partial charge in [-0.3, -0.25) is 0 Å². The van der Waals surface area contributed by atoms with Crippen molar-refractivity contribution < 1.29 is 0 Å². The Balaban J connectivity index is 3.06. The molecule has 0 fully saturated rings. The minimum atomic E-state index is -0.147. The lowest BCUT2D eigenvalue weighted by atomic mass is 9.95. The van der Waals surface area contributed by atoms with Gasteiger partial charge in [-0.05, 0) is 30.5 Å². The number of aryl methyl sites for hydroxylation is 2. The van der Waals surface area contributed by atoms with Gasteiger partial charge < -0.3 is 5.73 Å². The number of nitrogens with two attached hydrogens (primary N) is 1. The van der Waals surface area contributed by atoms with E-state index in [4.69, 9.17) is 11.0 Å². The number of nitrogens with zero attached hydrogens (tertiary/aromatic N) is 1. The minimum Gasteiger partial charge on any atom is -0.323 e. The maximum atomic E-state index is 8.55. The molecule has 0 saturated carbocycles. The van der Waals surface area contributed by atoms with E-state index in [9.17, 15) is 0 Å². The fraction of sp³-hybridized carbons (Fsp3) is 0.364. The van der Waals surface area contributed by atoms with Crippen molar-refractivity contribution in [3.8, 4) is 6.07 Å². The molecule has 0 aliphatic heterocycles. The maximum Gasteiger partial charge on any atom is 0.0641 e. The average molecular weight is 174 g/mol. The maximum absolute atomic E-state index is 8.55. The van der Waals surface area contributed by atoms with E-state index in [2.05, 4.69) is 6.07 Å².